The molecule has 0 aromatic rings. The van der Waals surface area contributed by atoms with Crippen LogP contribution in [-0.4, -0.2) is 35.5 Å². The Labute approximate surface area is 104 Å². The van der Waals surface area contributed by atoms with Crippen molar-refractivity contribution in [1.29, 1.82) is 5.26 Å². The Kier molecular flexibility index (Phi) is 4.95. The van der Waals surface area contributed by atoms with Crippen molar-refractivity contribution in [2.24, 2.45) is 0 Å². The van der Waals surface area contributed by atoms with Crippen molar-refractivity contribution in [3.63, 3.8) is 0 Å². The van der Waals surface area contributed by atoms with Gasteiger partial charge in [-0.2, -0.15) is 5.26 Å². The summed E-state index contributed by atoms with van der Waals surface area (Å²) in [5.74, 6) is 0.0136. The van der Waals surface area contributed by atoms with E-state index in [2.05, 4.69) is 11.4 Å². The third-order valence-corrected chi connectivity index (χ3v) is 2.98. The number of carbonyl (C=O) groups excluding carboxylic acids is 1. The van der Waals surface area contributed by atoms with Gasteiger partial charge in [0.25, 0.3) is 0 Å². The molecule has 1 rings (SSSR count). The summed E-state index contributed by atoms with van der Waals surface area (Å²) in [6, 6.07) is 2.58. The molecule has 0 heterocycles. The Morgan fingerprint density at radius 3 is 2.47 bits per heavy atom. The van der Waals surface area contributed by atoms with E-state index >= 15 is 0 Å². The standard InChI is InChI=1S/C13H23N3O/c1-13(2,3)15-12(17)10-16(9-8-14)11-6-4-5-7-11/h11H,4-7,9-10H2,1-3H3,(H,15,17). The normalized spacial score (nSPS) is 17.1. The van der Waals surface area contributed by atoms with Crippen molar-refractivity contribution in [2.75, 3.05) is 13.1 Å². The second kappa shape index (κ2) is 6.02. The summed E-state index contributed by atoms with van der Waals surface area (Å²) in [4.78, 5) is 13.8. The molecule has 1 N–H and O–H groups in total. The molecule has 0 bridgehead atoms. The van der Waals surface area contributed by atoms with Crippen LogP contribution in [0.2, 0.25) is 0 Å². The largest absolute Gasteiger partial charge is 0.350 e. The van der Waals surface area contributed by atoms with Gasteiger partial charge >= 0.3 is 0 Å². The Balaban J connectivity index is 2.49. The molecule has 17 heavy (non-hydrogen) atoms. The minimum absolute atomic E-state index is 0.0136. The molecule has 0 unspecified atom stereocenters. The van der Waals surface area contributed by atoms with E-state index in [4.69, 9.17) is 5.26 Å². The van der Waals surface area contributed by atoms with Crippen LogP contribution in [-0.2, 0) is 4.79 Å². The van der Waals surface area contributed by atoms with Crippen molar-refractivity contribution in [2.45, 2.75) is 58.0 Å². The summed E-state index contributed by atoms with van der Waals surface area (Å²) in [6.45, 7) is 6.59. The predicted octanol–water partition coefficient (Wildman–Crippen LogP) is 1.67. The van der Waals surface area contributed by atoms with Gasteiger partial charge in [0.2, 0.25) is 5.91 Å². The fourth-order valence-corrected chi connectivity index (χ4v) is 2.32. The zero-order chi connectivity index (χ0) is 12.9. The summed E-state index contributed by atoms with van der Waals surface area (Å²) >= 11 is 0. The van der Waals surface area contributed by atoms with Crippen molar-refractivity contribution < 1.29 is 4.79 Å². The van der Waals surface area contributed by atoms with Gasteiger partial charge in [-0.15, -0.1) is 0 Å². The van der Waals surface area contributed by atoms with Gasteiger partial charge in [-0.05, 0) is 33.6 Å². The fourth-order valence-electron chi connectivity index (χ4n) is 2.32. The molecule has 0 spiro atoms. The second-order valence-electron chi connectivity index (χ2n) is 5.80. The molecule has 0 radical (unpaired) electrons. The van der Waals surface area contributed by atoms with E-state index in [9.17, 15) is 4.79 Å². The second-order valence-corrected chi connectivity index (χ2v) is 5.80. The van der Waals surface area contributed by atoms with E-state index in [-0.39, 0.29) is 11.4 Å². The first-order chi connectivity index (χ1) is 7.92. The molecule has 1 aliphatic carbocycles. The monoisotopic (exact) mass is 237 g/mol. The molecule has 1 saturated carbocycles. The Morgan fingerprint density at radius 2 is 2.00 bits per heavy atom. The molecule has 1 fully saturated rings. The van der Waals surface area contributed by atoms with Crippen molar-refractivity contribution in [3.8, 4) is 6.07 Å². The van der Waals surface area contributed by atoms with Crippen LogP contribution in [0.4, 0.5) is 0 Å². The number of nitriles is 1. The molecule has 0 saturated heterocycles. The van der Waals surface area contributed by atoms with E-state index in [1.165, 1.54) is 12.8 Å². The third-order valence-electron chi connectivity index (χ3n) is 2.98. The van der Waals surface area contributed by atoms with Gasteiger partial charge in [-0.3, -0.25) is 9.69 Å². The van der Waals surface area contributed by atoms with Crippen LogP contribution >= 0.6 is 0 Å². The van der Waals surface area contributed by atoms with Gasteiger partial charge in [-0.1, -0.05) is 12.8 Å². The van der Waals surface area contributed by atoms with Gasteiger partial charge in [0.15, 0.2) is 0 Å². The molecule has 0 aliphatic heterocycles. The summed E-state index contributed by atoms with van der Waals surface area (Å²) in [6.07, 6.45) is 4.66. The molecule has 0 aromatic heterocycles. The molecule has 1 amide bonds. The van der Waals surface area contributed by atoms with Crippen LogP contribution in [0.15, 0.2) is 0 Å². The summed E-state index contributed by atoms with van der Waals surface area (Å²) in [5.41, 5.74) is -0.203. The lowest BCUT2D eigenvalue weighted by atomic mass is 10.1. The molecule has 0 aromatic carbocycles. The van der Waals surface area contributed by atoms with Crippen molar-refractivity contribution in [1.82, 2.24) is 10.2 Å². The molecule has 4 nitrogen and oxygen atoms in total. The zero-order valence-corrected chi connectivity index (χ0v) is 11.1. The highest BCUT2D eigenvalue weighted by atomic mass is 16.2. The minimum Gasteiger partial charge on any atom is -0.350 e. The van der Waals surface area contributed by atoms with Crippen LogP contribution in [0.1, 0.15) is 46.5 Å². The number of hydrogen-bond acceptors (Lipinski definition) is 3. The van der Waals surface area contributed by atoms with E-state index in [1.54, 1.807) is 0 Å². The lowest BCUT2D eigenvalue weighted by Gasteiger charge is -2.28. The molecule has 0 atom stereocenters. The summed E-state index contributed by atoms with van der Waals surface area (Å²) < 4.78 is 0. The lowest BCUT2D eigenvalue weighted by molar-refractivity contribution is -0.124. The Hall–Kier alpha value is -1.08. The van der Waals surface area contributed by atoms with Crippen molar-refractivity contribution >= 4 is 5.91 Å². The van der Waals surface area contributed by atoms with Gasteiger partial charge in [0.1, 0.15) is 0 Å². The van der Waals surface area contributed by atoms with Crippen LogP contribution in [0.5, 0.6) is 0 Å². The van der Waals surface area contributed by atoms with Crippen LogP contribution in [0.25, 0.3) is 0 Å². The zero-order valence-electron chi connectivity index (χ0n) is 11.1. The van der Waals surface area contributed by atoms with E-state index in [0.717, 1.165) is 12.8 Å². The van der Waals surface area contributed by atoms with E-state index in [1.807, 2.05) is 25.7 Å². The van der Waals surface area contributed by atoms with Crippen LogP contribution in [0.3, 0.4) is 0 Å². The maximum Gasteiger partial charge on any atom is 0.234 e. The fraction of sp³-hybridized carbons (Fsp3) is 0.846. The van der Waals surface area contributed by atoms with Gasteiger partial charge in [-0.25, -0.2) is 0 Å². The van der Waals surface area contributed by atoms with Gasteiger partial charge in [0.05, 0.1) is 19.2 Å². The lowest BCUT2D eigenvalue weighted by Crippen LogP contribution is -2.48. The smallest absolute Gasteiger partial charge is 0.234 e. The first-order valence-electron chi connectivity index (χ1n) is 6.34. The quantitative estimate of drug-likeness (QED) is 0.757. The topological polar surface area (TPSA) is 56.1 Å². The molecular formula is C13H23N3O. The summed E-state index contributed by atoms with van der Waals surface area (Å²) in [7, 11) is 0. The number of amides is 1. The van der Waals surface area contributed by atoms with Crippen LogP contribution < -0.4 is 5.32 Å². The number of nitrogens with zero attached hydrogens (tertiary/aromatic N) is 2. The highest BCUT2D eigenvalue weighted by molar-refractivity contribution is 5.78. The number of hydrogen-bond donors (Lipinski definition) is 1. The first-order valence-corrected chi connectivity index (χ1v) is 6.34. The third kappa shape index (κ3) is 5.18. The maximum absolute atomic E-state index is 11.8. The highest BCUT2D eigenvalue weighted by Gasteiger charge is 2.25. The minimum atomic E-state index is -0.203. The maximum atomic E-state index is 11.8. The molecule has 4 heteroatoms. The molecular weight excluding hydrogens is 214 g/mol. The number of rotatable bonds is 4. The van der Waals surface area contributed by atoms with Gasteiger partial charge < -0.3 is 5.32 Å². The molecule has 1 aliphatic rings. The average Bonchev–Trinajstić information content (AvgIpc) is 2.66. The summed E-state index contributed by atoms with van der Waals surface area (Å²) in [5, 5.41) is 11.8. The van der Waals surface area contributed by atoms with Gasteiger partial charge in [0, 0.05) is 11.6 Å². The van der Waals surface area contributed by atoms with E-state index < -0.39 is 0 Å². The predicted molar refractivity (Wildman–Crippen MR) is 67.3 cm³/mol. The average molecular weight is 237 g/mol. The van der Waals surface area contributed by atoms with Crippen molar-refractivity contribution in [3.05, 3.63) is 0 Å². The van der Waals surface area contributed by atoms with Crippen LogP contribution in [0, 0.1) is 11.3 Å². The first kappa shape index (κ1) is 14.0. The Morgan fingerprint density at radius 1 is 1.41 bits per heavy atom. The highest BCUT2D eigenvalue weighted by Crippen LogP contribution is 2.22. The number of nitrogens with one attached hydrogen (secondary N) is 1. The Bertz CT molecular complexity index is 295. The van der Waals surface area contributed by atoms with E-state index in [0.29, 0.717) is 19.1 Å². The molecule has 96 valence electrons. The SMILES string of the molecule is CC(C)(C)NC(=O)CN(CC#N)C1CCCC1. The number of carbonyl (C=O) groups is 1.